The molecule has 0 amide bonds. The fourth-order valence-electron chi connectivity index (χ4n) is 1.74. The van der Waals surface area contributed by atoms with Gasteiger partial charge in [-0.05, 0) is 0 Å². The molecule has 0 heterocycles. The molecule has 8 N–H and O–H groups in total. The van der Waals surface area contributed by atoms with E-state index in [1.165, 1.54) is 0 Å². The molecule has 1 aliphatic rings. The molecule has 0 radical (unpaired) electrons. The Labute approximate surface area is 119 Å². The van der Waals surface area contributed by atoms with Gasteiger partial charge in [0, 0.05) is 0 Å². The lowest BCUT2D eigenvalue weighted by molar-refractivity contribution is -0.220. The van der Waals surface area contributed by atoms with Crippen LogP contribution in [0.4, 0.5) is 0 Å². The molecule has 0 aliphatic heterocycles. The maximum atomic E-state index is 11.6. The van der Waals surface area contributed by atoms with Crippen molar-refractivity contribution >= 4 is 7.82 Å². The molecule has 0 aromatic heterocycles. The summed E-state index contributed by atoms with van der Waals surface area (Å²) in [6.45, 7) is -1.50. The molecule has 8 atom stereocenters. The first-order chi connectivity index (χ1) is 9.60. The third-order valence-electron chi connectivity index (χ3n) is 2.97. The Hall–Kier alpha value is -0.170. The molecular formula is C9H19O11P. The van der Waals surface area contributed by atoms with Crippen LogP contribution >= 0.6 is 7.82 Å². The molecule has 12 heteroatoms. The quantitative estimate of drug-likeness (QED) is 0.218. The minimum absolute atomic E-state index is 0.738. The molecular weight excluding hydrogens is 315 g/mol. The topological polar surface area (TPSA) is 197 Å². The zero-order valence-electron chi connectivity index (χ0n) is 10.7. The highest BCUT2D eigenvalue weighted by Crippen LogP contribution is 2.46. The van der Waals surface area contributed by atoms with E-state index in [0.717, 1.165) is 0 Å². The third kappa shape index (κ3) is 4.65. The van der Waals surface area contributed by atoms with Gasteiger partial charge in [-0.1, -0.05) is 0 Å². The predicted octanol–water partition coefficient (Wildman–Crippen LogP) is -4.34. The van der Waals surface area contributed by atoms with Crippen LogP contribution in [0, 0.1) is 0 Å². The summed E-state index contributed by atoms with van der Waals surface area (Å²) < 4.78 is 20.3. The normalized spacial score (nSPS) is 41.5. The van der Waals surface area contributed by atoms with Crippen molar-refractivity contribution in [1.29, 1.82) is 0 Å². The largest absolute Gasteiger partial charge is 0.472 e. The standard InChI is InChI=1S/C9H19O11P/c10-1-3(11)2-19-21(17,18)20-9-7(15)5(13)4(12)6(14)8(9)16/h3-16H,1-2H2,(H,17,18)/t3-,4?,5-,6+,7+,8+,9?/m1/s1. The van der Waals surface area contributed by atoms with Gasteiger partial charge in [0.15, 0.2) is 0 Å². The van der Waals surface area contributed by atoms with E-state index in [-0.39, 0.29) is 0 Å². The van der Waals surface area contributed by atoms with Crippen molar-refractivity contribution in [3.8, 4) is 0 Å². The van der Waals surface area contributed by atoms with E-state index in [2.05, 4.69) is 9.05 Å². The number of aliphatic hydroxyl groups is 7. The maximum Gasteiger partial charge on any atom is 0.472 e. The molecule has 1 aliphatic carbocycles. The summed E-state index contributed by atoms with van der Waals surface area (Å²) in [6, 6.07) is 0. The highest BCUT2D eigenvalue weighted by Gasteiger charge is 2.51. The SMILES string of the molecule is O=P(O)(OC[C@H](O)CO)OC1[C@@H](O)[C@H](O)C(O)[C@H](O)[C@@H]1O. The van der Waals surface area contributed by atoms with Crippen LogP contribution in [-0.2, 0) is 13.6 Å². The van der Waals surface area contributed by atoms with E-state index in [4.69, 9.17) is 10.2 Å². The average Bonchev–Trinajstić information content (AvgIpc) is 2.45. The van der Waals surface area contributed by atoms with Crippen molar-refractivity contribution in [3.05, 3.63) is 0 Å². The zero-order valence-corrected chi connectivity index (χ0v) is 11.6. The molecule has 1 fully saturated rings. The van der Waals surface area contributed by atoms with Gasteiger partial charge in [0.1, 0.15) is 42.7 Å². The van der Waals surface area contributed by atoms with Crippen LogP contribution in [0.25, 0.3) is 0 Å². The minimum Gasteiger partial charge on any atom is -0.394 e. The van der Waals surface area contributed by atoms with Crippen molar-refractivity contribution < 1.29 is 54.3 Å². The summed E-state index contributed by atoms with van der Waals surface area (Å²) in [5.74, 6) is 0. The molecule has 11 nitrogen and oxygen atoms in total. The summed E-state index contributed by atoms with van der Waals surface area (Å²) >= 11 is 0. The van der Waals surface area contributed by atoms with Crippen molar-refractivity contribution in [1.82, 2.24) is 0 Å². The van der Waals surface area contributed by atoms with E-state index in [0.29, 0.717) is 0 Å². The summed E-state index contributed by atoms with van der Waals surface area (Å²) in [6.07, 6.45) is -13.0. The van der Waals surface area contributed by atoms with Crippen molar-refractivity contribution in [3.63, 3.8) is 0 Å². The monoisotopic (exact) mass is 334 g/mol. The second-order valence-corrected chi connectivity index (χ2v) is 6.03. The second kappa shape index (κ2) is 7.40. The second-order valence-electron chi connectivity index (χ2n) is 4.62. The summed E-state index contributed by atoms with van der Waals surface area (Å²) in [5.41, 5.74) is 0. The first-order valence-electron chi connectivity index (χ1n) is 5.95. The van der Waals surface area contributed by atoms with Gasteiger partial charge in [-0.2, -0.15) is 0 Å². The minimum atomic E-state index is -4.87. The van der Waals surface area contributed by atoms with Crippen LogP contribution in [0.3, 0.4) is 0 Å². The number of phosphoric ester groups is 1. The van der Waals surface area contributed by atoms with Crippen LogP contribution in [0.15, 0.2) is 0 Å². The Morgan fingerprint density at radius 2 is 1.38 bits per heavy atom. The highest BCUT2D eigenvalue weighted by atomic mass is 31.2. The number of rotatable bonds is 6. The van der Waals surface area contributed by atoms with Gasteiger partial charge in [-0.15, -0.1) is 0 Å². The summed E-state index contributed by atoms with van der Waals surface area (Å²) in [5, 5.41) is 64.8. The molecule has 0 spiro atoms. The smallest absolute Gasteiger partial charge is 0.394 e. The molecule has 1 saturated carbocycles. The lowest BCUT2D eigenvalue weighted by Gasteiger charge is -2.41. The maximum absolute atomic E-state index is 11.6. The van der Waals surface area contributed by atoms with Gasteiger partial charge in [-0.3, -0.25) is 9.05 Å². The lowest BCUT2D eigenvalue weighted by atomic mass is 9.85. The Kier molecular flexibility index (Phi) is 6.65. The van der Waals surface area contributed by atoms with Crippen LogP contribution in [0.1, 0.15) is 0 Å². The third-order valence-corrected chi connectivity index (χ3v) is 3.95. The average molecular weight is 334 g/mol. The Bertz CT molecular complexity index is 363. The van der Waals surface area contributed by atoms with Crippen molar-refractivity contribution in [2.75, 3.05) is 13.2 Å². The number of hydrogen-bond acceptors (Lipinski definition) is 10. The number of aliphatic hydroxyl groups excluding tert-OH is 7. The van der Waals surface area contributed by atoms with E-state index >= 15 is 0 Å². The first-order valence-corrected chi connectivity index (χ1v) is 7.45. The van der Waals surface area contributed by atoms with Gasteiger partial charge in [-0.25, -0.2) is 4.57 Å². The fraction of sp³-hybridized carbons (Fsp3) is 1.00. The summed E-state index contributed by atoms with van der Waals surface area (Å²) in [7, 11) is -4.87. The Morgan fingerprint density at radius 1 is 0.952 bits per heavy atom. The fourth-order valence-corrected chi connectivity index (χ4v) is 2.72. The Balaban J connectivity index is 2.72. The van der Waals surface area contributed by atoms with Crippen LogP contribution in [0.5, 0.6) is 0 Å². The number of phosphoric acid groups is 1. The Morgan fingerprint density at radius 3 is 1.81 bits per heavy atom. The zero-order chi connectivity index (χ0) is 16.4. The lowest BCUT2D eigenvalue weighted by Crippen LogP contribution is -2.64. The molecule has 0 aromatic carbocycles. The van der Waals surface area contributed by atoms with Crippen LogP contribution < -0.4 is 0 Å². The molecule has 3 unspecified atom stereocenters. The van der Waals surface area contributed by atoms with Crippen molar-refractivity contribution in [2.45, 2.75) is 42.7 Å². The summed E-state index contributed by atoms with van der Waals surface area (Å²) in [4.78, 5) is 9.36. The van der Waals surface area contributed by atoms with E-state index in [9.17, 15) is 35.0 Å². The predicted molar refractivity (Wildman–Crippen MR) is 63.8 cm³/mol. The van der Waals surface area contributed by atoms with Gasteiger partial charge >= 0.3 is 7.82 Å². The van der Waals surface area contributed by atoms with Gasteiger partial charge in [0.2, 0.25) is 0 Å². The first kappa shape index (κ1) is 18.9. The van der Waals surface area contributed by atoms with Gasteiger partial charge in [0.05, 0.1) is 13.2 Å². The van der Waals surface area contributed by atoms with Gasteiger partial charge < -0.3 is 40.6 Å². The van der Waals surface area contributed by atoms with Crippen LogP contribution in [-0.4, -0.2) is 96.6 Å². The van der Waals surface area contributed by atoms with Crippen molar-refractivity contribution in [2.24, 2.45) is 0 Å². The number of hydrogen-bond donors (Lipinski definition) is 8. The molecule has 0 bridgehead atoms. The molecule has 1 rings (SSSR count). The molecule has 0 saturated heterocycles. The molecule has 21 heavy (non-hydrogen) atoms. The highest BCUT2D eigenvalue weighted by molar-refractivity contribution is 7.47. The van der Waals surface area contributed by atoms with Crippen LogP contribution in [0.2, 0.25) is 0 Å². The van der Waals surface area contributed by atoms with E-state index in [1.54, 1.807) is 0 Å². The van der Waals surface area contributed by atoms with Gasteiger partial charge in [0.25, 0.3) is 0 Å². The molecule has 0 aromatic rings. The van der Waals surface area contributed by atoms with E-state index < -0.39 is 63.8 Å². The molecule has 126 valence electrons. The van der Waals surface area contributed by atoms with E-state index in [1.807, 2.05) is 0 Å².